The van der Waals surface area contributed by atoms with Gasteiger partial charge in [-0.3, -0.25) is 0 Å². The topological polar surface area (TPSA) is 48.5 Å². The molecule has 0 aliphatic rings. The molecule has 0 unspecified atom stereocenters. The maximum atomic E-state index is 12.1. The summed E-state index contributed by atoms with van der Waals surface area (Å²) in [6, 6.07) is 8.60. The van der Waals surface area contributed by atoms with Crippen molar-refractivity contribution < 1.29 is 9.53 Å². The zero-order valence-corrected chi connectivity index (χ0v) is 14.6. The van der Waals surface area contributed by atoms with Crippen LogP contribution in [0.1, 0.15) is 49.2 Å². The fourth-order valence-corrected chi connectivity index (χ4v) is 2.75. The van der Waals surface area contributed by atoms with E-state index in [1.54, 1.807) is 17.6 Å². The predicted octanol–water partition coefficient (Wildman–Crippen LogP) is 3.66. The third-order valence-corrected chi connectivity index (χ3v) is 4.10. The highest BCUT2D eigenvalue weighted by Crippen LogP contribution is 2.23. The number of carbonyl (C=O) groups excluding carboxylic acids is 1. The van der Waals surface area contributed by atoms with Gasteiger partial charge in [0.25, 0.3) is 0 Å². The van der Waals surface area contributed by atoms with Crippen LogP contribution >= 0.6 is 0 Å². The number of hydrogen-bond acceptors (Lipinski definition) is 3. The van der Waals surface area contributed by atoms with Gasteiger partial charge < -0.3 is 9.30 Å². The number of esters is 1. The van der Waals surface area contributed by atoms with Crippen LogP contribution in [0.5, 0.6) is 0 Å². The molecule has 0 spiro atoms. The Balaban J connectivity index is 1.90. The van der Waals surface area contributed by atoms with Gasteiger partial charge in [0.2, 0.25) is 0 Å². The largest absolute Gasteiger partial charge is 0.462 e. The Morgan fingerprint density at radius 1 is 1.17 bits per heavy atom. The maximum absolute atomic E-state index is 12.1. The number of aromatic nitrogens is 3. The van der Waals surface area contributed by atoms with Crippen LogP contribution in [0.2, 0.25) is 0 Å². The predicted molar refractivity (Wildman–Crippen MR) is 93.4 cm³/mol. The molecule has 0 N–H and O–H groups in total. The summed E-state index contributed by atoms with van der Waals surface area (Å²) >= 11 is 0. The van der Waals surface area contributed by atoms with Crippen molar-refractivity contribution >= 4 is 11.6 Å². The summed E-state index contributed by atoms with van der Waals surface area (Å²) in [5.74, 6) is -0.337. The summed E-state index contributed by atoms with van der Waals surface area (Å²) in [4.78, 5) is 12.1. The second-order valence-corrected chi connectivity index (χ2v) is 6.92. The third kappa shape index (κ3) is 3.07. The lowest BCUT2D eigenvalue weighted by molar-refractivity contribution is 0.0528. The van der Waals surface area contributed by atoms with Crippen LogP contribution < -0.4 is 0 Å². The number of imidazole rings is 1. The van der Waals surface area contributed by atoms with E-state index in [0.29, 0.717) is 18.7 Å². The first-order valence-electron chi connectivity index (χ1n) is 8.19. The summed E-state index contributed by atoms with van der Waals surface area (Å²) < 4.78 is 8.84. The second kappa shape index (κ2) is 6.15. The first-order valence-corrected chi connectivity index (χ1v) is 8.19. The number of carbonyl (C=O) groups is 1. The quantitative estimate of drug-likeness (QED) is 0.688. The fourth-order valence-electron chi connectivity index (χ4n) is 2.75. The molecule has 0 fully saturated rings. The van der Waals surface area contributed by atoms with E-state index in [1.807, 2.05) is 17.0 Å². The maximum Gasteiger partial charge on any atom is 0.343 e. The highest BCUT2D eigenvalue weighted by atomic mass is 16.5. The average Bonchev–Trinajstić information content (AvgIpc) is 3.10. The van der Waals surface area contributed by atoms with Crippen molar-refractivity contribution in [1.29, 1.82) is 0 Å². The van der Waals surface area contributed by atoms with E-state index >= 15 is 0 Å². The van der Waals surface area contributed by atoms with E-state index in [-0.39, 0.29) is 11.4 Å². The van der Waals surface area contributed by atoms with Crippen LogP contribution in [0.25, 0.3) is 5.65 Å². The van der Waals surface area contributed by atoms with Gasteiger partial charge in [-0.15, -0.1) is 0 Å². The van der Waals surface area contributed by atoms with Gasteiger partial charge in [0.1, 0.15) is 5.56 Å². The first kappa shape index (κ1) is 16.3. The average molecular weight is 325 g/mol. The highest BCUT2D eigenvalue weighted by molar-refractivity contribution is 5.95. The normalized spacial score (nSPS) is 11.8. The Bertz CT molecular complexity index is 851. The Morgan fingerprint density at radius 3 is 2.50 bits per heavy atom. The molecule has 0 aliphatic heterocycles. The van der Waals surface area contributed by atoms with Crippen LogP contribution in [-0.4, -0.2) is 26.8 Å². The van der Waals surface area contributed by atoms with Gasteiger partial charge in [0.05, 0.1) is 12.8 Å². The van der Waals surface area contributed by atoms with Crippen LogP contribution in [0, 0.1) is 0 Å². The lowest BCUT2D eigenvalue weighted by atomic mass is 9.87. The molecule has 126 valence electrons. The molecule has 24 heavy (non-hydrogen) atoms. The van der Waals surface area contributed by atoms with Crippen molar-refractivity contribution in [1.82, 2.24) is 14.2 Å². The fraction of sp³-hybridized carbons (Fsp3) is 0.368. The number of ether oxygens (including phenoxy) is 1. The lowest BCUT2D eigenvalue weighted by Gasteiger charge is -2.19. The first-order chi connectivity index (χ1) is 11.4. The smallest absolute Gasteiger partial charge is 0.343 e. The summed E-state index contributed by atoms with van der Waals surface area (Å²) in [5, 5.41) is 4.23. The van der Waals surface area contributed by atoms with Gasteiger partial charge >= 0.3 is 5.97 Å². The van der Waals surface area contributed by atoms with Crippen molar-refractivity contribution in [3.8, 4) is 0 Å². The molecular formula is C19H23N3O2. The highest BCUT2D eigenvalue weighted by Gasteiger charge is 2.18. The van der Waals surface area contributed by atoms with E-state index < -0.39 is 0 Å². The van der Waals surface area contributed by atoms with E-state index in [4.69, 9.17) is 4.74 Å². The molecule has 0 radical (unpaired) electrons. The molecule has 3 aromatic rings. The molecule has 3 rings (SSSR count). The van der Waals surface area contributed by atoms with E-state index in [0.717, 1.165) is 5.65 Å². The molecule has 0 atom stereocenters. The van der Waals surface area contributed by atoms with Gasteiger partial charge in [-0.05, 0) is 23.5 Å². The minimum absolute atomic E-state index is 0.141. The van der Waals surface area contributed by atoms with E-state index in [2.05, 4.69) is 50.1 Å². The van der Waals surface area contributed by atoms with Gasteiger partial charge in [-0.2, -0.15) is 5.10 Å². The molecule has 0 amide bonds. The van der Waals surface area contributed by atoms with Gasteiger partial charge in [0, 0.05) is 18.9 Å². The van der Waals surface area contributed by atoms with E-state index in [9.17, 15) is 4.79 Å². The number of benzene rings is 1. The Hall–Kier alpha value is -2.56. The summed E-state index contributed by atoms with van der Waals surface area (Å²) in [6.45, 7) is 9.44. The molecule has 0 saturated heterocycles. The van der Waals surface area contributed by atoms with Crippen molar-refractivity contribution in [2.75, 3.05) is 6.61 Å². The van der Waals surface area contributed by atoms with Crippen molar-refractivity contribution in [3.63, 3.8) is 0 Å². The lowest BCUT2D eigenvalue weighted by Crippen LogP contribution is -2.11. The molecule has 2 heterocycles. The Kier molecular flexibility index (Phi) is 4.18. The minimum Gasteiger partial charge on any atom is -0.462 e. The number of hydrogen-bond donors (Lipinski definition) is 0. The van der Waals surface area contributed by atoms with Crippen molar-refractivity contribution in [3.05, 3.63) is 59.5 Å². The minimum atomic E-state index is -0.337. The van der Waals surface area contributed by atoms with Gasteiger partial charge in [-0.1, -0.05) is 45.0 Å². The third-order valence-electron chi connectivity index (χ3n) is 4.10. The zero-order chi connectivity index (χ0) is 17.3. The monoisotopic (exact) mass is 325 g/mol. The van der Waals surface area contributed by atoms with Crippen LogP contribution in [-0.2, 0) is 16.7 Å². The zero-order valence-electron chi connectivity index (χ0n) is 14.6. The molecule has 1 aromatic carbocycles. The van der Waals surface area contributed by atoms with Crippen LogP contribution in [0.3, 0.4) is 0 Å². The van der Waals surface area contributed by atoms with Crippen LogP contribution in [0.4, 0.5) is 0 Å². The number of fused-ring (bicyclic) bond motifs is 1. The standard InChI is InChI=1S/C19H23N3O2/c1-5-24-18(23)16-12-20-22-11-10-21(17(16)22)13-14-6-8-15(9-7-14)19(2,3)4/h6-12H,5,13H2,1-4H3. The number of rotatable bonds is 4. The van der Waals surface area contributed by atoms with Crippen molar-refractivity contribution in [2.45, 2.75) is 39.7 Å². The summed E-state index contributed by atoms with van der Waals surface area (Å²) in [6.07, 6.45) is 5.34. The molecule has 5 nitrogen and oxygen atoms in total. The Morgan fingerprint density at radius 2 is 1.88 bits per heavy atom. The Labute approximate surface area is 141 Å². The molecule has 5 heteroatoms. The summed E-state index contributed by atoms with van der Waals surface area (Å²) in [7, 11) is 0. The van der Waals surface area contributed by atoms with Gasteiger partial charge in [0.15, 0.2) is 5.65 Å². The van der Waals surface area contributed by atoms with Gasteiger partial charge in [-0.25, -0.2) is 9.31 Å². The molecular weight excluding hydrogens is 302 g/mol. The SMILES string of the molecule is CCOC(=O)c1cnn2ccn(Cc3ccc(C(C)(C)C)cc3)c12. The summed E-state index contributed by atoms with van der Waals surface area (Å²) in [5.41, 5.74) is 3.88. The molecule has 2 aromatic heterocycles. The van der Waals surface area contributed by atoms with Crippen LogP contribution in [0.15, 0.2) is 42.9 Å². The number of nitrogens with zero attached hydrogens (tertiary/aromatic N) is 3. The van der Waals surface area contributed by atoms with E-state index in [1.165, 1.54) is 11.1 Å². The second-order valence-electron chi connectivity index (χ2n) is 6.92. The molecule has 0 saturated carbocycles. The molecule has 0 bridgehead atoms. The molecule has 0 aliphatic carbocycles. The van der Waals surface area contributed by atoms with Crippen molar-refractivity contribution in [2.24, 2.45) is 0 Å².